The highest BCUT2D eigenvalue weighted by atomic mass is 127. The van der Waals surface area contributed by atoms with Gasteiger partial charge in [-0.1, -0.05) is 30.3 Å². The Labute approximate surface area is 189 Å². The second kappa shape index (κ2) is 12.0. The molecule has 0 saturated carbocycles. The predicted molar refractivity (Wildman–Crippen MR) is 125 cm³/mol. The number of likely N-dealkylation sites (tertiary alicyclic amines) is 1. The Morgan fingerprint density at radius 3 is 2.66 bits per heavy atom. The van der Waals surface area contributed by atoms with Gasteiger partial charge in [0.05, 0.1) is 6.54 Å². The molecule has 1 heterocycles. The first-order valence-electron chi connectivity index (χ1n) is 9.80. The lowest BCUT2D eigenvalue weighted by Crippen LogP contribution is -2.40. The molecule has 2 aromatic rings. The normalized spacial score (nSPS) is 17.6. The summed E-state index contributed by atoms with van der Waals surface area (Å²) in [5.41, 5.74) is 1.36. The highest BCUT2D eigenvalue weighted by Crippen LogP contribution is 2.26. The fraction of sp³-hybridized carbons (Fsp3) is 0.409. The third kappa shape index (κ3) is 7.15. The number of guanidine groups is 1. The maximum Gasteiger partial charge on any atom is 0.194 e. The third-order valence-electron chi connectivity index (χ3n) is 4.80. The molecule has 158 valence electrons. The van der Waals surface area contributed by atoms with Gasteiger partial charge in [-0.2, -0.15) is 0 Å². The molecule has 3 rings (SSSR count). The van der Waals surface area contributed by atoms with Crippen LogP contribution in [0.1, 0.15) is 24.8 Å². The number of benzene rings is 2. The van der Waals surface area contributed by atoms with Crippen LogP contribution in [0.5, 0.6) is 5.75 Å². The molecule has 0 bridgehead atoms. The van der Waals surface area contributed by atoms with Crippen molar-refractivity contribution in [2.45, 2.75) is 25.4 Å². The van der Waals surface area contributed by atoms with Gasteiger partial charge in [-0.15, -0.1) is 24.0 Å². The van der Waals surface area contributed by atoms with Gasteiger partial charge < -0.3 is 20.1 Å². The standard InChI is InChI=1S/C22H28FN3O2.HI/c1-2-24-22(26-13-12-18(15-26)17-6-4-3-5-7-17)25-14-20(27)16-28-21-10-8-19(23)9-11-21;/h3-11,18,20,27H,2,12-16H2,1H3,(H,24,25);1H. The van der Waals surface area contributed by atoms with Crippen LogP contribution in [0.15, 0.2) is 59.6 Å². The maximum absolute atomic E-state index is 12.9. The first-order chi connectivity index (χ1) is 13.7. The van der Waals surface area contributed by atoms with Crippen molar-refractivity contribution in [1.29, 1.82) is 0 Å². The summed E-state index contributed by atoms with van der Waals surface area (Å²) < 4.78 is 18.4. The Bertz CT molecular complexity index is 758. The number of rotatable bonds is 7. The van der Waals surface area contributed by atoms with Crippen LogP contribution >= 0.6 is 24.0 Å². The monoisotopic (exact) mass is 513 g/mol. The van der Waals surface area contributed by atoms with Crippen molar-refractivity contribution in [3.05, 3.63) is 66.0 Å². The SMILES string of the molecule is CCNC(=NCC(O)COc1ccc(F)cc1)N1CCC(c2ccccc2)C1.I. The quantitative estimate of drug-likeness (QED) is 0.338. The largest absolute Gasteiger partial charge is 0.491 e. The fourth-order valence-corrected chi connectivity index (χ4v) is 3.34. The Hall–Kier alpha value is -1.87. The van der Waals surface area contributed by atoms with E-state index < -0.39 is 6.10 Å². The van der Waals surface area contributed by atoms with Crippen LogP contribution in [-0.2, 0) is 0 Å². The number of halogens is 2. The summed E-state index contributed by atoms with van der Waals surface area (Å²) in [7, 11) is 0. The second-order valence-electron chi connectivity index (χ2n) is 6.96. The summed E-state index contributed by atoms with van der Waals surface area (Å²) in [5, 5.41) is 13.5. The van der Waals surface area contributed by atoms with E-state index in [0.717, 1.165) is 32.0 Å². The maximum atomic E-state index is 12.9. The molecule has 2 atom stereocenters. The molecule has 0 aliphatic carbocycles. The van der Waals surface area contributed by atoms with E-state index in [1.165, 1.54) is 17.7 Å². The van der Waals surface area contributed by atoms with E-state index in [4.69, 9.17) is 4.74 Å². The summed E-state index contributed by atoms with van der Waals surface area (Å²) in [4.78, 5) is 6.84. The molecule has 2 N–H and O–H groups in total. The molecule has 29 heavy (non-hydrogen) atoms. The molecule has 1 saturated heterocycles. The number of nitrogens with zero attached hydrogens (tertiary/aromatic N) is 2. The number of nitrogens with one attached hydrogen (secondary N) is 1. The highest BCUT2D eigenvalue weighted by molar-refractivity contribution is 14.0. The topological polar surface area (TPSA) is 57.1 Å². The molecule has 0 spiro atoms. The molecule has 0 aromatic heterocycles. The zero-order chi connectivity index (χ0) is 19.8. The Kier molecular flexibility index (Phi) is 9.66. The lowest BCUT2D eigenvalue weighted by Gasteiger charge is -2.22. The molecule has 1 aliphatic heterocycles. The van der Waals surface area contributed by atoms with Gasteiger partial charge in [0.15, 0.2) is 5.96 Å². The lowest BCUT2D eigenvalue weighted by atomic mass is 9.99. The van der Waals surface area contributed by atoms with Crippen molar-refractivity contribution in [2.24, 2.45) is 4.99 Å². The Morgan fingerprint density at radius 1 is 1.24 bits per heavy atom. The average Bonchev–Trinajstić information content (AvgIpc) is 3.21. The summed E-state index contributed by atoms with van der Waals surface area (Å²) in [6.45, 7) is 5.02. The zero-order valence-corrected chi connectivity index (χ0v) is 19.0. The van der Waals surface area contributed by atoms with Gasteiger partial charge in [0.1, 0.15) is 24.3 Å². The lowest BCUT2D eigenvalue weighted by molar-refractivity contribution is 0.114. The minimum Gasteiger partial charge on any atom is -0.491 e. The smallest absolute Gasteiger partial charge is 0.194 e. The molecular formula is C22H29FIN3O2. The Balaban J connectivity index is 0.00000300. The van der Waals surface area contributed by atoms with Crippen molar-refractivity contribution in [2.75, 3.05) is 32.8 Å². The van der Waals surface area contributed by atoms with Crippen LogP contribution < -0.4 is 10.1 Å². The number of ether oxygens (including phenoxy) is 1. The molecule has 1 fully saturated rings. The average molecular weight is 513 g/mol. The van der Waals surface area contributed by atoms with Crippen molar-refractivity contribution in [3.63, 3.8) is 0 Å². The van der Waals surface area contributed by atoms with Crippen LogP contribution in [0.2, 0.25) is 0 Å². The van der Waals surface area contributed by atoms with Crippen molar-refractivity contribution < 1.29 is 14.2 Å². The summed E-state index contributed by atoms with van der Waals surface area (Å²) in [5.74, 6) is 1.53. The van der Waals surface area contributed by atoms with Crippen molar-refractivity contribution in [3.8, 4) is 5.75 Å². The molecular weight excluding hydrogens is 484 g/mol. The van der Waals surface area contributed by atoms with E-state index in [1.54, 1.807) is 12.1 Å². The van der Waals surface area contributed by atoms with Gasteiger partial charge in [0.2, 0.25) is 0 Å². The van der Waals surface area contributed by atoms with Crippen molar-refractivity contribution >= 4 is 29.9 Å². The van der Waals surface area contributed by atoms with E-state index in [1.807, 2.05) is 13.0 Å². The number of hydrogen-bond acceptors (Lipinski definition) is 3. The second-order valence-corrected chi connectivity index (χ2v) is 6.96. The minimum absolute atomic E-state index is 0. The van der Waals surface area contributed by atoms with E-state index >= 15 is 0 Å². The molecule has 1 aliphatic rings. The number of aliphatic hydroxyl groups excluding tert-OH is 1. The zero-order valence-electron chi connectivity index (χ0n) is 16.6. The van der Waals surface area contributed by atoms with E-state index in [0.29, 0.717) is 11.7 Å². The number of hydrogen-bond donors (Lipinski definition) is 2. The molecule has 0 amide bonds. The van der Waals surface area contributed by atoms with E-state index in [2.05, 4.69) is 39.5 Å². The first-order valence-corrected chi connectivity index (χ1v) is 9.80. The molecule has 5 nitrogen and oxygen atoms in total. The molecule has 2 aromatic carbocycles. The first kappa shape index (κ1) is 23.4. The summed E-state index contributed by atoms with van der Waals surface area (Å²) in [6.07, 6.45) is 0.358. The molecule has 0 radical (unpaired) electrons. The van der Waals surface area contributed by atoms with Gasteiger partial charge in [-0.05, 0) is 43.2 Å². The van der Waals surface area contributed by atoms with Crippen LogP contribution in [0.4, 0.5) is 4.39 Å². The molecule has 2 unspecified atom stereocenters. The van der Waals surface area contributed by atoms with Crippen LogP contribution in [-0.4, -0.2) is 54.9 Å². The number of aliphatic imine (C=N–C) groups is 1. The van der Waals surface area contributed by atoms with E-state index in [-0.39, 0.29) is 42.9 Å². The van der Waals surface area contributed by atoms with Crippen LogP contribution in [0, 0.1) is 5.82 Å². The molecule has 7 heteroatoms. The Morgan fingerprint density at radius 2 is 1.97 bits per heavy atom. The summed E-state index contributed by atoms with van der Waals surface area (Å²) >= 11 is 0. The number of aliphatic hydroxyl groups is 1. The van der Waals surface area contributed by atoms with Crippen LogP contribution in [0.25, 0.3) is 0 Å². The highest BCUT2D eigenvalue weighted by Gasteiger charge is 2.26. The predicted octanol–water partition coefficient (Wildman–Crippen LogP) is 3.64. The van der Waals surface area contributed by atoms with Crippen molar-refractivity contribution in [1.82, 2.24) is 10.2 Å². The van der Waals surface area contributed by atoms with Crippen LogP contribution in [0.3, 0.4) is 0 Å². The fourth-order valence-electron chi connectivity index (χ4n) is 3.34. The van der Waals surface area contributed by atoms with Gasteiger partial charge in [-0.3, -0.25) is 4.99 Å². The third-order valence-corrected chi connectivity index (χ3v) is 4.80. The van der Waals surface area contributed by atoms with Gasteiger partial charge in [0.25, 0.3) is 0 Å². The minimum atomic E-state index is -0.730. The van der Waals surface area contributed by atoms with Gasteiger partial charge >= 0.3 is 0 Å². The van der Waals surface area contributed by atoms with Gasteiger partial charge in [-0.25, -0.2) is 4.39 Å². The summed E-state index contributed by atoms with van der Waals surface area (Å²) in [6, 6.07) is 16.3. The van der Waals surface area contributed by atoms with Gasteiger partial charge in [0, 0.05) is 25.6 Å². The van der Waals surface area contributed by atoms with E-state index in [9.17, 15) is 9.50 Å².